The second-order valence-corrected chi connectivity index (χ2v) is 9.53. The lowest BCUT2D eigenvalue weighted by Gasteiger charge is -2.52. The van der Waals surface area contributed by atoms with Crippen molar-refractivity contribution in [2.75, 3.05) is 24.5 Å². The molecular weight excluding hydrogens is 448 g/mol. The van der Waals surface area contributed by atoms with Gasteiger partial charge in [-0.1, -0.05) is 36.4 Å². The lowest BCUT2D eigenvalue weighted by molar-refractivity contribution is -0.175. The summed E-state index contributed by atoms with van der Waals surface area (Å²) >= 11 is 0. The number of likely N-dealkylation sites (tertiary alicyclic amines) is 1. The first kappa shape index (κ1) is 22.9. The third-order valence-corrected chi connectivity index (χ3v) is 7.26. The van der Waals surface area contributed by atoms with E-state index in [9.17, 15) is 19.2 Å². The van der Waals surface area contributed by atoms with E-state index >= 15 is 0 Å². The fourth-order valence-electron chi connectivity index (χ4n) is 5.55. The van der Waals surface area contributed by atoms with Gasteiger partial charge in [-0.2, -0.15) is 0 Å². The van der Waals surface area contributed by atoms with Gasteiger partial charge in [0, 0.05) is 44.1 Å². The fraction of sp³-hybridized carbons (Fsp3) is 0.385. The molecule has 5 rings (SSSR count). The lowest BCUT2D eigenvalue weighted by atomic mass is 9.73. The van der Waals surface area contributed by atoms with Gasteiger partial charge in [0.2, 0.25) is 23.6 Å². The maximum atomic E-state index is 13.4. The molecule has 2 aromatic rings. The van der Waals surface area contributed by atoms with Crippen LogP contribution in [0.2, 0.25) is 0 Å². The standard InChI is InChI=1S/C26H28N4O5/c1-26-14-19(18-9-5-6-10-20(18)35-26)22(23(27)32)25(34)30(26)12-11-28-24(33)16-13-21(31)29(15-16)17-7-3-2-4-8-17/h2-10,16,19,22H,11-15H2,1H3,(H2,27,32)(H,28,33). The SMILES string of the molecule is CC12CC(c3ccccc3O1)C(C(N)=O)C(=O)N2CCNC(=O)C1CC(=O)N(c2ccccc2)C1. The summed E-state index contributed by atoms with van der Waals surface area (Å²) in [6.45, 7) is 2.45. The largest absolute Gasteiger partial charge is 0.468 e. The van der Waals surface area contributed by atoms with Crippen LogP contribution in [0.15, 0.2) is 54.6 Å². The highest BCUT2D eigenvalue weighted by Crippen LogP contribution is 2.49. The minimum atomic E-state index is -0.990. The van der Waals surface area contributed by atoms with Gasteiger partial charge in [-0.05, 0) is 30.7 Å². The van der Waals surface area contributed by atoms with Crippen molar-refractivity contribution in [1.29, 1.82) is 0 Å². The number of carbonyl (C=O) groups excluding carboxylic acids is 4. The number of hydrogen-bond acceptors (Lipinski definition) is 5. The van der Waals surface area contributed by atoms with Crippen molar-refractivity contribution < 1.29 is 23.9 Å². The van der Waals surface area contributed by atoms with E-state index in [0.29, 0.717) is 18.7 Å². The number of nitrogens with two attached hydrogens (primary N) is 1. The number of fused-ring (bicyclic) bond motifs is 4. The van der Waals surface area contributed by atoms with E-state index in [1.807, 2.05) is 61.5 Å². The summed E-state index contributed by atoms with van der Waals surface area (Å²) in [4.78, 5) is 54.0. The molecule has 3 N–H and O–H groups in total. The molecular formula is C26H28N4O5. The van der Waals surface area contributed by atoms with Gasteiger partial charge in [-0.3, -0.25) is 19.2 Å². The number of nitrogens with one attached hydrogen (secondary N) is 1. The molecule has 2 aromatic carbocycles. The summed E-state index contributed by atoms with van der Waals surface area (Å²) in [6, 6.07) is 16.6. The number of primary amides is 1. The van der Waals surface area contributed by atoms with Crippen molar-refractivity contribution in [2.24, 2.45) is 17.6 Å². The number of para-hydroxylation sites is 2. The van der Waals surface area contributed by atoms with Crippen LogP contribution in [-0.2, 0) is 19.2 Å². The fourth-order valence-corrected chi connectivity index (χ4v) is 5.55. The average Bonchev–Trinajstić information content (AvgIpc) is 3.23. The summed E-state index contributed by atoms with van der Waals surface area (Å²) in [7, 11) is 0. The first-order valence-corrected chi connectivity index (χ1v) is 11.8. The summed E-state index contributed by atoms with van der Waals surface area (Å²) in [5.74, 6) is -2.60. The molecule has 182 valence electrons. The number of rotatable bonds is 6. The van der Waals surface area contributed by atoms with Gasteiger partial charge in [-0.15, -0.1) is 0 Å². The summed E-state index contributed by atoms with van der Waals surface area (Å²) in [5.41, 5.74) is 6.27. The Morgan fingerprint density at radius 1 is 1.11 bits per heavy atom. The number of benzene rings is 2. The smallest absolute Gasteiger partial charge is 0.238 e. The van der Waals surface area contributed by atoms with Gasteiger partial charge < -0.3 is 25.6 Å². The van der Waals surface area contributed by atoms with Crippen LogP contribution in [0.5, 0.6) is 5.75 Å². The monoisotopic (exact) mass is 476 g/mol. The molecule has 2 fully saturated rings. The average molecular weight is 477 g/mol. The van der Waals surface area contributed by atoms with Crippen molar-refractivity contribution in [3.63, 3.8) is 0 Å². The van der Waals surface area contributed by atoms with Crippen LogP contribution in [0.3, 0.4) is 0 Å². The Morgan fingerprint density at radius 2 is 1.83 bits per heavy atom. The Balaban J connectivity index is 1.26. The van der Waals surface area contributed by atoms with Crippen LogP contribution in [0.1, 0.15) is 31.2 Å². The molecule has 4 amide bonds. The Morgan fingerprint density at radius 3 is 2.57 bits per heavy atom. The minimum Gasteiger partial charge on any atom is -0.468 e. The molecule has 4 unspecified atom stereocenters. The molecule has 3 aliphatic rings. The van der Waals surface area contributed by atoms with Crippen LogP contribution in [-0.4, -0.2) is 53.9 Å². The highest BCUT2D eigenvalue weighted by Gasteiger charge is 2.55. The van der Waals surface area contributed by atoms with E-state index in [0.717, 1.165) is 11.3 Å². The van der Waals surface area contributed by atoms with Gasteiger partial charge in [-0.25, -0.2) is 0 Å². The Labute approximate surface area is 203 Å². The third-order valence-electron chi connectivity index (χ3n) is 7.26. The molecule has 2 saturated heterocycles. The lowest BCUT2D eigenvalue weighted by Crippen LogP contribution is -2.65. The Hall–Kier alpha value is -3.88. The molecule has 0 aromatic heterocycles. The number of nitrogens with zero attached hydrogens (tertiary/aromatic N) is 2. The zero-order chi connectivity index (χ0) is 24.7. The van der Waals surface area contributed by atoms with Crippen molar-refractivity contribution >= 4 is 29.3 Å². The van der Waals surface area contributed by atoms with Gasteiger partial charge in [0.1, 0.15) is 11.7 Å². The molecule has 9 nitrogen and oxygen atoms in total. The van der Waals surface area contributed by atoms with Crippen LogP contribution >= 0.6 is 0 Å². The molecule has 0 saturated carbocycles. The maximum Gasteiger partial charge on any atom is 0.238 e. The number of anilines is 1. The third kappa shape index (κ3) is 4.00. The molecule has 35 heavy (non-hydrogen) atoms. The second kappa shape index (κ2) is 8.72. The molecule has 3 aliphatic heterocycles. The number of hydrogen-bond donors (Lipinski definition) is 2. The first-order valence-electron chi connectivity index (χ1n) is 11.8. The van der Waals surface area contributed by atoms with E-state index in [4.69, 9.17) is 10.5 Å². The molecule has 0 aliphatic carbocycles. The van der Waals surface area contributed by atoms with Crippen LogP contribution in [0.25, 0.3) is 0 Å². The quantitative estimate of drug-likeness (QED) is 0.610. The normalized spacial score (nSPS) is 27.3. The number of carbonyl (C=O) groups is 4. The Kier molecular flexibility index (Phi) is 5.70. The van der Waals surface area contributed by atoms with Crippen LogP contribution in [0, 0.1) is 11.8 Å². The molecule has 2 bridgehead atoms. The number of ether oxygens (including phenoxy) is 1. The number of piperidine rings is 1. The number of amides is 4. The minimum absolute atomic E-state index is 0.0975. The predicted octanol–water partition coefficient (Wildman–Crippen LogP) is 1.38. The molecule has 9 heteroatoms. The summed E-state index contributed by atoms with van der Waals surface area (Å²) < 4.78 is 6.22. The topological polar surface area (TPSA) is 122 Å². The maximum absolute atomic E-state index is 13.4. The first-order chi connectivity index (χ1) is 16.8. The highest BCUT2D eigenvalue weighted by molar-refractivity contribution is 6.02. The zero-order valence-electron chi connectivity index (χ0n) is 19.5. The van der Waals surface area contributed by atoms with Crippen molar-refractivity contribution in [3.05, 3.63) is 60.2 Å². The molecule has 3 heterocycles. The summed E-state index contributed by atoms with van der Waals surface area (Å²) in [5, 5.41) is 2.86. The van der Waals surface area contributed by atoms with Gasteiger partial charge in [0.15, 0.2) is 5.72 Å². The zero-order valence-corrected chi connectivity index (χ0v) is 19.5. The van der Waals surface area contributed by atoms with E-state index in [1.54, 1.807) is 4.90 Å². The van der Waals surface area contributed by atoms with E-state index in [2.05, 4.69) is 5.32 Å². The van der Waals surface area contributed by atoms with Gasteiger partial charge >= 0.3 is 0 Å². The second-order valence-electron chi connectivity index (χ2n) is 9.53. The van der Waals surface area contributed by atoms with Crippen molar-refractivity contribution in [3.8, 4) is 5.75 Å². The van der Waals surface area contributed by atoms with Crippen molar-refractivity contribution in [1.82, 2.24) is 10.2 Å². The van der Waals surface area contributed by atoms with E-state index in [1.165, 1.54) is 4.90 Å². The van der Waals surface area contributed by atoms with Gasteiger partial charge in [0.25, 0.3) is 0 Å². The predicted molar refractivity (Wildman–Crippen MR) is 127 cm³/mol. The van der Waals surface area contributed by atoms with Crippen molar-refractivity contribution in [2.45, 2.75) is 31.4 Å². The van der Waals surface area contributed by atoms with Crippen LogP contribution < -0.4 is 20.7 Å². The molecule has 0 spiro atoms. The van der Waals surface area contributed by atoms with Gasteiger partial charge in [0.05, 0.1) is 5.92 Å². The molecule has 4 atom stereocenters. The highest BCUT2D eigenvalue weighted by atomic mass is 16.5. The van der Waals surface area contributed by atoms with E-state index in [-0.39, 0.29) is 37.2 Å². The Bertz CT molecular complexity index is 1190. The summed E-state index contributed by atoms with van der Waals surface area (Å²) in [6.07, 6.45) is 0.562. The molecule has 0 radical (unpaired) electrons. The van der Waals surface area contributed by atoms with Crippen LogP contribution in [0.4, 0.5) is 5.69 Å². The van der Waals surface area contributed by atoms with E-state index < -0.39 is 29.4 Å².